The van der Waals surface area contributed by atoms with E-state index in [4.69, 9.17) is 21.0 Å². The van der Waals surface area contributed by atoms with Gasteiger partial charge in [-0.05, 0) is 48.9 Å². The van der Waals surface area contributed by atoms with Gasteiger partial charge in [0.1, 0.15) is 5.82 Å². The van der Waals surface area contributed by atoms with Crippen molar-refractivity contribution in [3.63, 3.8) is 0 Å². The van der Waals surface area contributed by atoms with Crippen molar-refractivity contribution in [2.24, 2.45) is 5.92 Å². The Morgan fingerprint density at radius 1 is 1.38 bits per heavy atom. The minimum Gasteiger partial charge on any atom is -0.440 e. The van der Waals surface area contributed by atoms with Crippen molar-refractivity contribution < 1.29 is 9.21 Å². The Bertz CT molecular complexity index is 762. The van der Waals surface area contributed by atoms with Crippen LogP contribution in [0.25, 0.3) is 0 Å². The molecule has 128 valence electrons. The number of fused-ring (bicyclic) bond motifs is 1. The summed E-state index contributed by atoms with van der Waals surface area (Å²) in [6.45, 7) is 5.59. The van der Waals surface area contributed by atoms with Crippen LogP contribution in [0, 0.1) is 5.92 Å². The Morgan fingerprint density at radius 2 is 2.17 bits per heavy atom. The molecular weight excluding hydrogens is 328 g/mol. The Labute approximate surface area is 145 Å². The fraction of sp³-hybridized carbons (Fsp3) is 0.588. The monoisotopic (exact) mass is 348 g/mol. The summed E-state index contributed by atoms with van der Waals surface area (Å²) < 4.78 is 7.31. The predicted molar refractivity (Wildman–Crippen MR) is 88.9 cm³/mol. The first-order valence-electron chi connectivity index (χ1n) is 8.54. The van der Waals surface area contributed by atoms with E-state index in [0.29, 0.717) is 24.9 Å². The van der Waals surface area contributed by atoms with Crippen LogP contribution in [0.5, 0.6) is 0 Å². The Kier molecular flexibility index (Phi) is 3.87. The number of aromatic nitrogens is 3. The van der Waals surface area contributed by atoms with E-state index in [2.05, 4.69) is 18.9 Å². The molecule has 0 saturated heterocycles. The zero-order chi connectivity index (χ0) is 16.8. The van der Waals surface area contributed by atoms with Crippen LogP contribution < -0.4 is 0 Å². The third-order valence-corrected chi connectivity index (χ3v) is 4.83. The van der Waals surface area contributed by atoms with Gasteiger partial charge >= 0.3 is 0 Å². The van der Waals surface area contributed by atoms with Crippen LogP contribution in [0.1, 0.15) is 67.3 Å². The van der Waals surface area contributed by atoms with Gasteiger partial charge in [-0.25, -0.2) is 9.67 Å². The fourth-order valence-corrected chi connectivity index (χ4v) is 3.43. The second-order valence-electron chi connectivity index (χ2n) is 7.07. The molecule has 1 aliphatic heterocycles. The molecule has 24 heavy (non-hydrogen) atoms. The van der Waals surface area contributed by atoms with Crippen molar-refractivity contribution in [1.29, 1.82) is 0 Å². The van der Waals surface area contributed by atoms with Crippen molar-refractivity contribution in [2.75, 3.05) is 6.54 Å². The summed E-state index contributed by atoms with van der Waals surface area (Å²) in [5, 5.41) is 4.90. The van der Waals surface area contributed by atoms with Crippen molar-refractivity contribution in [3.05, 3.63) is 34.8 Å². The van der Waals surface area contributed by atoms with Gasteiger partial charge in [0.15, 0.2) is 16.8 Å². The van der Waals surface area contributed by atoms with Crippen molar-refractivity contribution in [2.45, 2.75) is 51.6 Å². The highest BCUT2D eigenvalue weighted by Gasteiger charge is 2.37. The molecule has 7 heteroatoms. The quantitative estimate of drug-likeness (QED) is 0.846. The first-order valence-corrected chi connectivity index (χ1v) is 8.91. The van der Waals surface area contributed by atoms with Crippen LogP contribution >= 0.6 is 11.6 Å². The number of hydrogen-bond donors (Lipinski definition) is 0. The Balaban J connectivity index is 1.66. The standard InChI is InChI=1S/C17H21ClN4O2/c1-10(2)9-12-16-19-15(11-3-4-11)20-22(16)8-7-21(12)17(23)13-5-6-14(18)24-13/h5-6,10-12H,3-4,7-9H2,1-2H3/t12-/m0/s1. The lowest BCUT2D eigenvalue weighted by Crippen LogP contribution is -2.43. The highest BCUT2D eigenvalue weighted by atomic mass is 35.5. The zero-order valence-electron chi connectivity index (χ0n) is 13.9. The van der Waals surface area contributed by atoms with Crippen molar-refractivity contribution in [3.8, 4) is 0 Å². The molecule has 0 radical (unpaired) electrons. The topological polar surface area (TPSA) is 64.2 Å². The van der Waals surface area contributed by atoms with E-state index in [0.717, 1.165) is 18.1 Å². The van der Waals surface area contributed by atoms with Crippen LogP contribution in [0.15, 0.2) is 16.5 Å². The highest BCUT2D eigenvalue weighted by Crippen LogP contribution is 2.40. The second-order valence-corrected chi connectivity index (χ2v) is 7.45. The molecule has 2 aromatic rings. The Hall–Kier alpha value is -1.82. The first kappa shape index (κ1) is 15.7. The van der Waals surface area contributed by atoms with E-state index >= 15 is 0 Å². The minimum atomic E-state index is -0.130. The molecule has 0 aromatic carbocycles. The number of amides is 1. The molecule has 0 bridgehead atoms. The summed E-state index contributed by atoms with van der Waals surface area (Å²) >= 11 is 5.83. The fourth-order valence-electron chi connectivity index (χ4n) is 3.29. The van der Waals surface area contributed by atoms with Gasteiger partial charge in [-0.15, -0.1) is 0 Å². The van der Waals surface area contributed by atoms with Crippen LogP contribution in [0.2, 0.25) is 5.22 Å². The molecule has 1 atom stereocenters. The van der Waals surface area contributed by atoms with Gasteiger partial charge < -0.3 is 9.32 Å². The maximum atomic E-state index is 12.9. The van der Waals surface area contributed by atoms with E-state index in [1.54, 1.807) is 12.1 Å². The van der Waals surface area contributed by atoms with E-state index in [-0.39, 0.29) is 22.9 Å². The average Bonchev–Trinajstić information content (AvgIpc) is 3.15. The lowest BCUT2D eigenvalue weighted by molar-refractivity contribution is 0.0546. The molecule has 1 amide bonds. The summed E-state index contributed by atoms with van der Waals surface area (Å²) in [6, 6.07) is 3.16. The molecule has 2 aliphatic rings. The summed E-state index contributed by atoms with van der Waals surface area (Å²) in [6.07, 6.45) is 3.20. The van der Waals surface area contributed by atoms with Gasteiger partial charge in [-0.1, -0.05) is 13.8 Å². The molecule has 2 aromatic heterocycles. The van der Waals surface area contributed by atoms with Crippen LogP contribution in [0.4, 0.5) is 0 Å². The molecule has 1 aliphatic carbocycles. The predicted octanol–water partition coefficient (Wildman–Crippen LogP) is 3.65. The maximum absolute atomic E-state index is 12.9. The third kappa shape index (κ3) is 2.83. The van der Waals surface area contributed by atoms with E-state index in [9.17, 15) is 4.79 Å². The van der Waals surface area contributed by atoms with E-state index in [1.165, 1.54) is 12.8 Å². The number of furan rings is 1. The SMILES string of the molecule is CC(C)C[C@H]1c2nc(C3CC3)nn2CCN1C(=O)c1ccc(Cl)o1. The second kappa shape index (κ2) is 5.92. The largest absolute Gasteiger partial charge is 0.440 e. The van der Waals surface area contributed by atoms with Crippen LogP contribution in [-0.4, -0.2) is 32.1 Å². The van der Waals surface area contributed by atoms with Gasteiger partial charge in [0.2, 0.25) is 0 Å². The molecule has 0 unspecified atom stereocenters. The first-order chi connectivity index (χ1) is 11.5. The molecule has 1 saturated carbocycles. The van der Waals surface area contributed by atoms with Gasteiger partial charge in [-0.2, -0.15) is 5.10 Å². The number of nitrogens with zero attached hydrogens (tertiary/aromatic N) is 4. The summed E-state index contributed by atoms with van der Waals surface area (Å²) in [7, 11) is 0. The summed E-state index contributed by atoms with van der Waals surface area (Å²) in [5.41, 5.74) is 0. The van der Waals surface area contributed by atoms with Gasteiger partial charge in [0, 0.05) is 12.5 Å². The molecule has 0 spiro atoms. The molecule has 6 nitrogen and oxygen atoms in total. The smallest absolute Gasteiger partial charge is 0.290 e. The molecule has 4 rings (SSSR count). The maximum Gasteiger partial charge on any atom is 0.290 e. The summed E-state index contributed by atoms with van der Waals surface area (Å²) in [4.78, 5) is 19.5. The lowest BCUT2D eigenvalue weighted by atomic mass is 10.00. The number of halogens is 1. The Morgan fingerprint density at radius 3 is 2.79 bits per heavy atom. The molecule has 0 N–H and O–H groups in total. The van der Waals surface area contributed by atoms with E-state index < -0.39 is 0 Å². The summed E-state index contributed by atoms with van der Waals surface area (Å²) in [5.74, 6) is 2.95. The van der Waals surface area contributed by atoms with Crippen LogP contribution in [0.3, 0.4) is 0 Å². The van der Waals surface area contributed by atoms with Gasteiger partial charge in [-0.3, -0.25) is 4.79 Å². The number of carbonyl (C=O) groups excluding carboxylic acids is 1. The van der Waals surface area contributed by atoms with Gasteiger partial charge in [0.25, 0.3) is 5.91 Å². The van der Waals surface area contributed by atoms with Crippen molar-refractivity contribution >= 4 is 17.5 Å². The average molecular weight is 349 g/mol. The molecule has 3 heterocycles. The minimum absolute atomic E-state index is 0.0740. The normalized spacial score (nSPS) is 20.5. The molecular formula is C17H21ClN4O2. The molecule has 1 fully saturated rings. The highest BCUT2D eigenvalue weighted by molar-refractivity contribution is 6.29. The van der Waals surface area contributed by atoms with Crippen molar-refractivity contribution in [1.82, 2.24) is 19.7 Å². The number of rotatable bonds is 4. The number of carbonyl (C=O) groups is 1. The zero-order valence-corrected chi connectivity index (χ0v) is 14.7. The number of hydrogen-bond acceptors (Lipinski definition) is 4. The van der Waals surface area contributed by atoms with Gasteiger partial charge in [0.05, 0.1) is 12.6 Å². The third-order valence-electron chi connectivity index (χ3n) is 4.63. The lowest BCUT2D eigenvalue weighted by Gasteiger charge is -2.35. The van der Waals surface area contributed by atoms with E-state index in [1.807, 2.05) is 9.58 Å². The van der Waals surface area contributed by atoms with Crippen LogP contribution in [-0.2, 0) is 6.54 Å².